The second kappa shape index (κ2) is 12.5. The average Bonchev–Trinajstić information content (AvgIpc) is 2.94. The van der Waals surface area contributed by atoms with Crippen LogP contribution in [-0.4, -0.2) is 40.5 Å². The molecular weight excluding hydrogens is 519 g/mol. The minimum absolute atomic E-state index is 0.0662. The highest BCUT2D eigenvalue weighted by atomic mass is 19.4. The molecule has 1 N–H and O–H groups in total. The summed E-state index contributed by atoms with van der Waals surface area (Å²) in [6.45, 7) is 6.86. The first kappa shape index (κ1) is 29.0. The number of H-pyrrole nitrogens is 1. The zero-order valence-electron chi connectivity index (χ0n) is 22.7. The molecule has 0 bridgehead atoms. The lowest BCUT2D eigenvalue weighted by Gasteiger charge is -2.32. The molecule has 0 aliphatic carbocycles. The van der Waals surface area contributed by atoms with E-state index < -0.39 is 17.8 Å². The number of nitrogens with one attached hydrogen (secondary N) is 1. The first-order chi connectivity index (χ1) is 19.1. The molecule has 1 amide bonds. The quantitative estimate of drug-likeness (QED) is 0.234. The topological polar surface area (TPSA) is 75.3 Å². The third-order valence-electron chi connectivity index (χ3n) is 6.97. The molecule has 4 rings (SSSR count). The average molecular weight is 552 g/mol. The molecule has 0 aliphatic rings. The van der Waals surface area contributed by atoms with Gasteiger partial charge in [0.05, 0.1) is 35.5 Å². The maximum atomic E-state index is 13.7. The molecule has 1 atom stereocenters. The Morgan fingerprint density at radius 2 is 1.75 bits per heavy atom. The van der Waals surface area contributed by atoms with Gasteiger partial charge in [0, 0.05) is 18.7 Å². The molecule has 0 saturated heterocycles. The molecule has 1 aromatic heterocycles. The van der Waals surface area contributed by atoms with Crippen molar-refractivity contribution in [3.63, 3.8) is 0 Å². The van der Waals surface area contributed by atoms with E-state index in [0.29, 0.717) is 47.5 Å². The molecule has 0 spiro atoms. The van der Waals surface area contributed by atoms with E-state index in [2.05, 4.69) is 4.98 Å². The smallest absolute Gasteiger partial charge is 0.380 e. The molecule has 9 heteroatoms. The third kappa shape index (κ3) is 6.42. The lowest BCUT2D eigenvalue weighted by Crippen LogP contribution is -2.38. The van der Waals surface area contributed by atoms with Crippen LogP contribution in [0.2, 0.25) is 0 Å². The fourth-order valence-corrected chi connectivity index (χ4v) is 4.92. The highest BCUT2D eigenvalue weighted by Gasteiger charge is 2.30. The van der Waals surface area contributed by atoms with Gasteiger partial charge in [0.2, 0.25) is 5.91 Å². The summed E-state index contributed by atoms with van der Waals surface area (Å²) in [6.07, 6.45) is -3.83. The molecule has 0 aliphatic heterocycles. The number of aryl methyl sites for hydroxylation is 1. The van der Waals surface area contributed by atoms with Crippen molar-refractivity contribution in [3.05, 3.63) is 99.3 Å². The van der Waals surface area contributed by atoms with Crippen LogP contribution in [0.15, 0.2) is 71.5 Å². The molecule has 0 saturated carbocycles. The Kier molecular flexibility index (Phi) is 9.04. The molecule has 40 heavy (non-hydrogen) atoms. The number of fused-ring (bicyclic) bond motifs is 1. The zero-order chi connectivity index (χ0) is 28.9. The van der Waals surface area contributed by atoms with Crippen molar-refractivity contribution in [2.75, 3.05) is 19.8 Å². The fraction of sp³-hybridized carbons (Fsp3) is 0.323. The highest BCUT2D eigenvalue weighted by Crippen LogP contribution is 2.34. The molecule has 3 aromatic carbocycles. The maximum absolute atomic E-state index is 13.7. The van der Waals surface area contributed by atoms with E-state index in [-0.39, 0.29) is 24.4 Å². The monoisotopic (exact) mass is 551 g/mol. The number of hydrogen-bond acceptors (Lipinski definition) is 4. The number of amides is 1. The van der Waals surface area contributed by atoms with Gasteiger partial charge < -0.3 is 14.6 Å². The van der Waals surface area contributed by atoms with E-state index in [9.17, 15) is 22.8 Å². The van der Waals surface area contributed by atoms with Gasteiger partial charge in [-0.05, 0) is 61.2 Å². The van der Waals surface area contributed by atoms with E-state index in [0.717, 1.165) is 23.3 Å². The summed E-state index contributed by atoms with van der Waals surface area (Å²) < 4.78 is 44.6. The van der Waals surface area contributed by atoms with Gasteiger partial charge in [0.15, 0.2) is 0 Å². The number of alkyl halides is 3. The lowest BCUT2D eigenvalue weighted by molar-refractivity contribution is -0.137. The molecule has 1 unspecified atom stereocenters. The Labute approximate surface area is 230 Å². The van der Waals surface area contributed by atoms with E-state index in [1.165, 1.54) is 12.1 Å². The summed E-state index contributed by atoms with van der Waals surface area (Å²) in [5.74, 6) is 0.157. The number of hydrogen-bond donors (Lipinski definition) is 1. The number of benzene rings is 3. The predicted octanol–water partition coefficient (Wildman–Crippen LogP) is 6.34. The summed E-state index contributed by atoms with van der Waals surface area (Å²) in [6, 6.07) is 17.1. The van der Waals surface area contributed by atoms with Gasteiger partial charge in [-0.25, -0.2) is 4.98 Å². The van der Waals surface area contributed by atoms with Gasteiger partial charge in [0.1, 0.15) is 5.82 Å². The number of rotatable bonds is 10. The van der Waals surface area contributed by atoms with E-state index in [1.807, 2.05) is 45.0 Å². The number of carbonyl (C=O) groups is 1. The zero-order valence-corrected chi connectivity index (χ0v) is 22.7. The Balaban J connectivity index is 1.73. The Bertz CT molecular complexity index is 1530. The normalized spacial score (nSPS) is 12.4. The largest absolute Gasteiger partial charge is 0.416 e. The fourth-order valence-electron chi connectivity index (χ4n) is 4.92. The second-order valence-electron chi connectivity index (χ2n) is 9.50. The number of aromatic nitrogens is 2. The number of ether oxygens (including phenoxy) is 1. The van der Waals surface area contributed by atoms with Crippen LogP contribution in [0, 0.1) is 0 Å². The summed E-state index contributed by atoms with van der Waals surface area (Å²) in [5, 5.41) is 0.484. The lowest BCUT2D eigenvalue weighted by atomic mass is 9.92. The van der Waals surface area contributed by atoms with Crippen LogP contribution in [0.25, 0.3) is 22.3 Å². The van der Waals surface area contributed by atoms with Crippen molar-refractivity contribution < 1.29 is 22.7 Å². The molecule has 6 nitrogen and oxygen atoms in total. The van der Waals surface area contributed by atoms with Gasteiger partial charge in [-0.1, -0.05) is 49.4 Å². The van der Waals surface area contributed by atoms with Gasteiger partial charge in [-0.15, -0.1) is 0 Å². The van der Waals surface area contributed by atoms with Crippen LogP contribution in [0.5, 0.6) is 0 Å². The van der Waals surface area contributed by atoms with E-state index >= 15 is 0 Å². The summed E-state index contributed by atoms with van der Waals surface area (Å²) >= 11 is 0. The summed E-state index contributed by atoms with van der Waals surface area (Å²) in [4.78, 5) is 35.8. The first-order valence-electron chi connectivity index (χ1n) is 13.3. The predicted molar refractivity (Wildman–Crippen MR) is 149 cm³/mol. The van der Waals surface area contributed by atoms with Crippen LogP contribution in [-0.2, 0) is 28.5 Å². The van der Waals surface area contributed by atoms with Gasteiger partial charge >= 0.3 is 6.18 Å². The van der Waals surface area contributed by atoms with E-state index in [4.69, 9.17) is 9.72 Å². The SMILES string of the molecule is CCOCCN(C(=O)Cc1ccc(C(F)(F)F)cc1)C(C)c1c(CC)cccc1-c1nc2ccccc2c(=O)[nH]1. The highest BCUT2D eigenvalue weighted by molar-refractivity contribution is 5.81. The van der Waals surface area contributed by atoms with Gasteiger partial charge in [0.25, 0.3) is 5.56 Å². The first-order valence-corrected chi connectivity index (χ1v) is 13.3. The molecule has 1 heterocycles. The molecule has 210 valence electrons. The molecular formula is C31H32F3N3O3. The number of para-hydroxylation sites is 1. The number of carbonyl (C=O) groups excluding carboxylic acids is 1. The summed E-state index contributed by atoms with van der Waals surface area (Å²) in [7, 11) is 0. The van der Waals surface area contributed by atoms with Crippen molar-refractivity contribution in [2.24, 2.45) is 0 Å². The van der Waals surface area contributed by atoms with Crippen LogP contribution in [0.1, 0.15) is 49.1 Å². The van der Waals surface area contributed by atoms with Crippen molar-refractivity contribution >= 4 is 16.8 Å². The third-order valence-corrected chi connectivity index (χ3v) is 6.97. The number of aromatic amines is 1. The van der Waals surface area contributed by atoms with Gasteiger partial charge in [-0.3, -0.25) is 9.59 Å². The Morgan fingerprint density at radius 3 is 2.42 bits per heavy atom. The minimum Gasteiger partial charge on any atom is -0.380 e. The van der Waals surface area contributed by atoms with Crippen molar-refractivity contribution in [1.29, 1.82) is 0 Å². The van der Waals surface area contributed by atoms with Crippen LogP contribution >= 0.6 is 0 Å². The van der Waals surface area contributed by atoms with Crippen molar-refractivity contribution in [2.45, 2.75) is 45.8 Å². The number of nitrogens with zero attached hydrogens (tertiary/aromatic N) is 2. The summed E-state index contributed by atoms with van der Waals surface area (Å²) in [5.41, 5.74) is 2.57. The minimum atomic E-state index is -4.45. The Morgan fingerprint density at radius 1 is 1.02 bits per heavy atom. The molecule has 0 fully saturated rings. The number of halogens is 3. The van der Waals surface area contributed by atoms with Gasteiger partial charge in [-0.2, -0.15) is 13.2 Å². The standard InChI is InChI=1S/C31H32F3N3O3/c1-4-22-9-8-11-25(29-35-26-12-7-6-10-24(26)30(39)36-29)28(22)20(3)37(17-18-40-5-2)27(38)19-21-13-15-23(16-14-21)31(32,33)34/h6-16,20H,4-5,17-19H2,1-3H3,(H,35,36,39). The van der Waals surface area contributed by atoms with Crippen molar-refractivity contribution in [3.8, 4) is 11.4 Å². The van der Waals surface area contributed by atoms with Crippen LogP contribution in [0.4, 0.5) is 13.2 Å². The Hall–Kier alpha value is -3.98. The molecule has 4 aromatic rings. The van der Waals surface area contributed by atoms with E-state index in [1.54, 1.807) is 23.1 Å². The van der Waals surface area contributed by atoms with Crippen LogP contribution < -0.4 is 5.56 Å². The second-order valence-corrected chi connectivity index (χ2v) is 9.50. The molecule has 0 radical (unpaired) electrons. The van der Waals surface area contributed by atoms with Crippen LogP contribution in [0.3, 0.4) is 0 Å². The maximum Gasteiger partial charge on any atom is 0.416 e. The van der Waals surface area contributed by atoms with Crippen molar-refractivity contribution in [1.82, 2.24) is 14.9 Å².